The zero-order valence-corrected chi connectivity index (χ0v) is 21.9. The predicted octanol–water partition coefficient (Wildman–Crippen LogP) is 4.93. The molecule has 0 saturated heterocycles. The molecule has 2 aromatic rings. The van der Waals surface area contributed by atoms with Crippen LogP contribution in [0.3, 0.4) is 0 Å². The van der Waals surface area contributed by atoms with Gasteiger partial charge in [-0.25, -0.2) is 0 Å². The highest BCUT2D eigenvalue weighted by Gasteiger charge is 2.20. The third kappa shape index (κ3) is 10.2. The number of ether oxygens (including phenoxy) is 2. The van der Waals surface area contributed by atoms with Gasteiger partial charge in [-0.1, -0.05) is 0 Å². The van der Waals surface area contributed by atoms with Crippen molar-refractivity contribution >= 4 is 35.6 Å². The maximum Gasteiger partial charge on any atom is 0.195 e. The number of nitrogens with zero attached hydrogens (tertiary/aromatic N) is 2. The molecule has 8 heteroatoms. The Kier molecular flexibility index (Phi) is 11.9. The maximum atomic E-state index is 5.73. The fourth-order valence-electron chi connectivity index (χ4n) is 3.17. The highest BCUT2D eigenvalue weighted by atomic mass is 127. The van der Waals surface area contributed by atoms with E-state index in [2.05, 4.69) is 27.8 Å². The summed E-state index contributed by atoms with van der Waals surface area (Å²) < 4.78 is 11.5. The fourth-order valence-corrected chi connectivity index (χ4v) is 3.17. The Hall–Kier alpha value is -1.81. The number of hydrogen-bond donors (Lipinski definition) is 3. The molecule has 0 spiro atoms. The number of guanidine groups is 1. The second-order valence-electron chi connectivity index (χ2n) is 8.47. The Labute approximate surface area is 209 Å². The van der Waals surface area contributed by atoms with Crippen LogP contribution in [0, 0.1) is 12.8 Å². The highest BCUT2D eigenvalue weighted by molar-refractivity contribution is 14.0. The Morgan fingerprint density at radius 2 is 2.00 bits per heavy atom. The van der Waals surface area contributed by atoms with E-state index < -0.39 is 0 Å². The summed E-state index contributed by atoms with van der Waals surface area (Å²) in [6.45, 7) is 9.38. The lowest BCUT2D eigenvalue weighted by molar-refractivity contribution is 0.123. The van der Waals surface area contributed by atoms with Gasteiger partial charge in [0.05, 0.1) is 12.3 Å². The molecule has 1 heterocycles. The number of rotatable bonds is 13. The summed E-state index contributed by atoms with van der Waals surface area (Å²) in [6, 6.07) is 7.99. The van der Waals surface area contributed by atoms with Crippen LogP contribution in [0.25, 0.3) is 0 Å². The van der Waals surface area contributed by atoms with Crippen LogP contribution in [0.5, 0.6) is 5.75 Å². The summed E-state index contributed by atoms with van der Waals surface area (Å²) in [6.07, 6.45) is 7.63. The Morgan fingerprint density at radius 1 is 1.22 bits per heavy atom. The Morgan fingerprint density at radius 3 is 2.66 bits per heavy atom. The summed E-state index contributed by atoms with van der Waals surface area (Å²) in [7, 11) is 0. The summed E-state index contributed by atoms with van der Waals surface area (Å²) in [5, 5.41) is 13.9. The van der Waals surface area contributed by atoms with E-state index in [4.69, 9.17) is 14.5 Å². The summed E-state index contributed by atoms with van der Waals surface area (Å²) in [4.78, 5) is 4.77. The number of benzene rings is 1. The molecule has 0 bridgehead atoms. The molecule has 3 N–H and O–H groups in total. The number of aromatic amines is 1. The maximum absolute atomic E-state index is 5.73. The summed E-state index contributed by atoms with van der Waals surface area (Å²) >= 11 is 0. The van der Waals surface area contributed by atoms with Crippen LogP contribution in [0.1, 0.15) is 50.8 Å². The first-order valence-corrected chi connectivity index (χ1v) is 11.5. The zero-order valence-electron chi connectivity index (χ0n) is 19.5. The molecule has 0 radical (unpaired) electrons. The minimum atomic E-state index is 0. The molecule has 32 heavy (non-hydrogen) atoms. The Balaban J connectivity index is 0.00000363. The van der Waals surface area contributed by atoms with Gasteiger partial charge in [0.1, 0.15) is 5.75 Å². The number of halogens is 1. The monoisotopic (exact) mass is 555 g/mol. The first-order valence-electron chi connectivity index (χ1n) is 11.5. The van der Waals surface area contributed by atoms with Crippen molar-refractivity contribution in [3.05, 3.63) is 41.7 Å². The molecule has 3 rings (SSSR count). The minimum absolute atomic E-state index is 0. The van der Waals surface area contributed by atoms with Gasteiger partial charge in [-0.05, 0) is 88.6 Å². The molecule has 0 aliphatic heterocycles. The lowest BCUT2D eigenvalue weighted by atomic mass is 10.1. The molecule has 0 atom stereocenters. The van der Waals surface area contributed by atoms with Crippen LogP contribution in [-0.4, -0.2) is 48.6 Å². The van der Waals surface area contributed by atoms with Gasteiger partial charge < -0.3 is 20.1 Å². The number of aliphatic imine (C=N–C) groups is 1. The van der Waals surface area contributed by atoms with Crippen LogP contribution >= 0.6 is 24.0 Å². The number of nitrogens with one attached hydrogen (secondary N) is 3. The second kappa shape index (κ2) is 14.4. The SMILES string of the molecule is Cc1[nH]ncc1CCCN=C(NCCCOCC1CC1)Nc1ccc(OC(C)C)cc1.I. The molecule has 1 saturated carbocycles. The molecule has 0 unspecified atom stereocenters. The molecule has 1 aliphatic rings. The van der Waals surface area contributed by atoms with Crippen LogP contribution in [-0.2, 0) is 11.2 Å². The molecular weight excluding hydrogens is 517 g/mol. The molecule has 1 aliphatic carbocycles. The van der Waals surface area contributed by atoms with E-state index in [1.807, 2.05) is 44.3 Å². The van der Waals surface area contributed by atoms with Gasteiger partial charge >= 0.3 is 0 Å². The van der Waals surface area contributed by atoms with E-state index in [0.29, 0.717) is 0 Å². The number of aromatic nitrogens is 2. The van der Waals surface area contributed by atoms with Gasteiger partial charge in [-0.2, -0.15) is 5.10 Å². The smallest absolute Gasteiger partial charge is 0.195 e. The van der Waals surface area contributed by atoms with E-state index in [-0.39, 0.29) is 30.1 Å². The molecule has 1 aromatic carbocycles. The van der Waals surface area contributed by atoms with Crippen molar-refractivity contribution in [3.8, 4) is 5.75 Å². The van der Waals surface area contributed by atoms with E-state index in [1.165, 1.54) is 18.4 Å². The van der Waals surface area contributed by atoms with Gasteiger partial charge in [-0.15, -0.1) is 24.0 Å². The van der Waals surface area contributed by atoms with Crippen molar-refractivity contribution in [1.29, 1.82) is 0 Å². The van der Waals surface area contributed by atoms with Gasteiger partial charge in [0.15, 0.2) is 5.96 Å². The average molecular weight is 556 g/mol. The molecular formula is C24H38IN5O2. The van der Waals surface area contributed by atoms with Gasteiger partial charge in [0.25, 0.3) is 0 Å². The summed E-state index contributed by atoms with van der Waals surface area (Å²) in [5.41, 5.74) is 3.37. The van der Waals surface area contributed by atoms with Crippen molar-refractivity contribution in [3.63, 3.8) is 0 Å². The summed E-state index contributed by atoms with van der Waals surface area (Å²) in [5.74, 6) is 2.48. The van der Waals surface area contributed by atoms with Crippen molar-refractivity contribution in [2.24, 2.45) is 10.9 Å². The van der Waals surface area contributed by atoms with Crippen molar-refractivity contribution in [1.82, 2.24) is 15.5 Å². The molecule has 1 aromatic heterocycles. The molecule has 7 nitrogen and oxygen atoms in total. The zero-order chi connectivity index (χ0) is 21.9. The largest absolute Gasteiger partial charge is 0.491 e. The molecule has 0 amide bonds. The normalized spacial score (nSPS) is 13.7. The van der Waals surface area contributed by atoms with Gasteiger partial charge in [-0.3, -0.25) is 10.1 Å². The van der Waals surface area contributed by atoms with E-state index in [0.717, 1.165) is 74.6 Å². The van der Waals surface area contributed by atoms with Crippen molar-refractivity contribution in [2.45, 2.75) is 59.0 Å². The van der Waals surface area contributed by atoms with Gasteiger partial charge in [0.2, 0.25) is 0 Å². The second-order valence-corrected chi connectivity index (χ2v) is 8.47. The highest BCUT2D eigenvalue weighted by Crippen LogP contribution is 2.28. The minimum Gasteiger partial charge on any atom is -0.491 e. The number of aryl methyl sites for hydroxylation is 2. The van der Waals surface area contributed by atoms with Crippen molar-refractivity contribution < 1.29 is 9.47 Å². The lowest BCUT2D eigenvalue weighted by Crippen LogP contribution is -2.32. The quantitative estimate of drug-likeness (QED) is 0.141. The standard InChI is InChI=1S/C24H37N5O2.HI/c1-18(2)31-23-11-9-22(10-12-23)28-24(26-14-5-15-30-17-20-7-8-20)25-13-4-6-21-16-27-29-19(21)3;/h9-12,16,18,20H,4-8,13-15,17H2,1-3H3,(H,27,29)(H2,25,26,28);1H. The number of hydrogen-bond acceptors (Lipinski definition) is 4. The van der Waals surface area contributed by atoms with Crippen LogP contribution < -0.4 is 15.4 Å². The average Bonchev–Trinajstić information content (AvgIpc) is 3.48. The third-order valence-electron chi connectivity index (χ3n) is 5.11. The van der Waals surface area contributed by atoms with Crippen LogP contribution in [0.15, 0.2) is 35.5 Å². The van der Waals surface area contributed by atoms with E-state index >= 15 is 0 Å². The van der Waals surface area contributed by atoms with Crippen LogP contribution in [0.2, 0.25) is 0 Å². The first-order chi connectivity index (χ1) is 15.1. The molecule has 178 valence electrons. The van der Waals surface area contributed by atoms with Crippen LogP contribution in [0.4, 0.5) is 5.69 Å². The Bertz CT molecular complexity index is 803. The first kappa shape index (κ1) is 26.4. The van der Waals surface area contributed by atoms with E-state index in [1.54, 1.807) is 0 Å². The van der Waals surface area contributed by atoms with Gasteiger partial charge in [0, 0.05) is 37.7 Å². The number of H-pyrrole nitrogens is 1. The van der Waals surface area contributed by atoms with E-state index in [9.17, 15) is 0 Å². The lowest BCUT2D eigenvalue weighted by Gasteiger charge is -2.14. The number of anilines is 1. The predicted molar refractivity (Wildman–Crippen MR) is 141 cm³/mol. The fraction of sp³-hybridized carbons (Fsp3) is 0.583. The van der Waals surface area contributed by atoms with Crippen molar-refractivity contribution in [2.75, 3.05) is 31.6 Å². The topological polar surface area (TPSA) is 83.6 Å². The molecule has 1 fully saturated rings. The third-order valence-corrected chi connectivity index (χ3v) is 5.11.